The summed E-state index contributed by atoms with van der Waals surface area (Å²) in [6, 6.07) is 16.2. The van der Waals surface area contributed by atoms with Crippen LogP contribution < -0.4 is 9.47 Å². The summed E-state index contributed by atoms with van der Waals surface area (Å²) in [7, 11) is 7.12. The van der Waals surface area contributed by atoms with Gasteiger partial charge in [-0.25, -0.2) is 0 Å². The summed E-state index contributed by atoms with van der Waals surface area (Å²) in [5, 5.41) is 0. The summed E-state index contributed by atoms with van der Waals surface area (Å²) < 4.78 is 17.4. The van der Waals surface area contributed by atoms with Gasteiger partial charge in [-0.1, -0.05) is 30.3 Å². The van der Waals surface area contributed by atoms with Crippen LogP contribution in [0.1, 0.15) is 36.8 Å². The first-order chi connectivity index (χ1) is 17.9. The lowest BCUT2D eigenvalue weighted by atomic mass is 9.55. The molecule has 6 heteroatoms. The van der Waals surface area contributed by atoms with Crippen LogP contribution in [0.5, 0.6) is 11.5 Å². The Kier molecular flexibility index (Phi) is 8.40. The first-order valence-electron chi connectivity index (χ1n) is 13.0. The molecule has 2 fully saturated rings. The van der Waals surface area contributed by atoms with Gasteiger partial charge in [0.2, 0.25) is 5.91 Å². The van der Waals surface area contributed by atoms with E-state index in [0.717, 1.165) is 62.4 Å². The molecule has 2 aromatic rings. The molecule has 1 amide bonds. The summed E-state index contributed by atoms with van der Waals surface area (Å²) in [5.74, 6) is 1.62. The number of benzene rings is 2. The lowest BCUT2D eigenvalue weighted by molar-refractivity contribution is -0.157. The molecule has 1 saturated carbocycles. The van der Waals surface area contributed by atoms with Gasteiger partial charge in [0.1, 0.15) is 11.5 Å². The van der Waals surface area contributed by atoms with E-state index in [1.807, 2.05) is 61.5 Å². The molecule has 1 aliphatic heterocycles. The van der Waals surface area contributed by atoms with E-state index in [4.69, 9.17) is 14.2 Å². The highest BCUT2D eigenvalue weighted by Gasteiger charge is 2.59. The Morgan fingerprint density at radius 1 is 1.11 bits per heavy atom. The molecular weight excluding hydrogens is 464 g/mol. The molecule has 0 aromatic heterocycles. The Balaban J connectivity index is 1.63. The zero-order valence-corrected chi connectivity index (χ0v) is 22.6. The molecule has 37 heavy (non-hydrogen) atoms. The van der Waals surface area contributed by atoms with Gasteiger partial charge in [0.25, 0.3) is 0 Å². The first kappa shape index (κ1) is 27.0. The maximum absolute atomic E-state index is 13.3. The molecule has 1 aliphatic carbocycles. The number of hydrogen-bond acceptors (Lipinski definition) is 5. The molecule has 0 spiro atoms. The number of carbonyl (C=O) groups excluding carboxylic acids is 1. The minimum absolute atomic E-state index is 0.00243. The molecule has 0 radical (unpaired) electrons. The number of methoxy groups -OCH3 is 3. The van der Waals surface area contributed by atoms with E-state index >= 15 is 0 Å². The Labute approximate surface area is 221 Å². The van der Waals surface area contributed by atoms with Crippen molar-refractivity contribution in [1.82, 2.24) is 9.80 Å². The standard InChI is InChI=1S/C31H40N2O4/c1-6-18-33-19-17-30(25-10-8-12-28(21-25)36-4)22-26(15-16-31(30,23-33)37-5)32(2)29(34)14-13-24-9-7-11-27(20-24)35-3/h6-14,20-21,26H,1,15-19,22-23H2,2-5H3/t26-,30+,31+/m1/s1. The van der Waals surface area contributed by atoms with E-state index in [1.54, 1.807) is 20.3 Å². The predicted octanol–water partition coefficient (Wildman–Crippen LogP) is 4.94. The number of ether oxygens (including phenoxy) is 3. The molecule has 1 heterocycles. The predicted molar refractivity (Wildman–Crippen MR) is 148 cm³/mol. The highest BCUT2D eigenvalue weighted by atomic mass is 16.5. The second kappa shape index (κ2) is 11.5. The van der Waals surface area contributed by atoms with E-state index in [-0.39, 0.29) is 23.0 Å². The number of nitrogens with zero attached hydrogens (tertiary/aromatic N) is 2. The van der Waals surface area contributed by atoms with E-state index < -0.39 is 0 Å². The Bertz CT molecular complexity index is 1130. The number of piperidine rings is 1. The fraction of sp³-hybridized carbons (Fsp3) is 0.452. The van der Waals surface area contributed by atoms with Crippen molar-refractivity contribution in [3.63, 3.8) is 0 Å². The molecular formula is C31H40N2O4. The maximum atomic E-state index is 13.3. The van der Waals surface area contributed by atoms with Crippen molar-refractivity contribution in [2.24, 2.45) is 0 Å². The van der Waals surface area contributed by atoms with Crippen LogP contribution in [0.15, 0.2) is 67.3 Å². The molecule has 4 rings (SSSR count). The molecule has 0 bridgehead atoms. The summed E-state index contributed by atoms with van der Waals surface area (Å²) in [6.45, 7) is 6.59. The molecule has 6 nitrogen and oxygen atoms in total. The third-order valence-electron chi connectivity index (χ3n) is 8.48. The minimum Gasteiger partial charge on any atom is -0.497 e. The quantitative estimate of drug-likeness (QED) is 0.358. The molecule has 2 aliphatic rings. The van der Waals surface area contributed by atoms with Crippen molar-refractivity contribution in [3.05, 3.63) is 78.4 Å². The third kappa shape index (κ3) is 5.32. The number of likely N-dealkylation sites (tertiary alicyclic amines) is 1. The number of hydrogen-bond donors (Lipinski definition) is 0. The largest absolute Gasteiger partial charge is 0.497 e. The number of carbonyl (C=O) groups is 1. The Morgan fingerprint density at radius 3 is 2.54 bits per heavy atom. The van der Waals surface area contributed by atoms with Gasteiger partial charge in [-0.05, 0) is 73.7 Å². The zero-order chi connectivity index (χ0) is 26.5. The lowest BCUT2D eigenvalue weighted by Gasteiger charge is -2.60. The summed E-state index contributed by atoms with van der Waals surface area (Å²) in [5.41, 5.74) is 1.58. The van der Waals surface area contributed by atoms with Gasteiger partial charge >= 0.3 is 0 Å². The number of likely N-dealkylation sites (N-methyl/N-ethyl adjacent to an activating group) is 1. The van der Waals surface area contributed by atoms with Gasteiger partial charge in [0.05, 0.1) is 19.8 Å². The molecule has 198 valence electrons. The monoisotopic (exact) mass is 504 g/mol. The second-order valence-electron chi connectivity index (χ2n) is 10.2. The van der Waals surface area contributed by atoms with Gasteiger partial charge in [-0.3, -0.25) is 9.69 Å². The van der Waals surface area contributed by atoms with Gasteiger partial charge in [0.15, 0.2) is 0 Å². The molecule has 3 atom stereocenters. The van der Waals surface area contributed by atoms with Gasteiger partial charge < -0.3 is 19.1 Å². The van der Waals surface area contributed by atoms with Crippen molar-refractivity contribution in [2.45, 2.75) is 42.7 Å². The van der Waals surface area contributed by atoms with Crippen LogP contribution in [-0.2, 0) is 14.9 Å². The third-order valence-corrected chi connectivity index (χ3v) is 8.48. The maximum Gasteiger partial charge on any atom is 0.246 e. The van der Waals surface area contributed by atoms with Crippen LogP contribution in [0.3, 0.4) is 0 Å². The summed E-state index contributed by atoms with van der Waals surface area (Å²) in [6.07, 6.45) is 9.03. The normalized spacial score (nSPS) is 25.9. The van der Waals surface area contributed by atoms with Crippen LogP contribution in [0.25, 0.3) is 6.08 Å². The molecule has 2 aromatic carbocycles. The van der Waals surface area contributed by atoms with E-state index in [2.05, 4.69) is 29.7 Å². The molecule has 0 unspecified atom stereocenters. The number of rotatable bonds is 9. The summed E-state index contributed by atoms with van der Waals surface area (Å²) in [4.78, 5) is 17.6. The topological polar surface area (TPSA) is 51.2 Å². The number of amides is 1. The minimum atomic E-state index is -0.350. The van der Waals surface area contributed by atoms with Gasteiger partial charge in [-0.15, -0.1) is 6.58 Å². The smallest absolute Gasteiger partial charge is 0.246 e. The van der Waals surface area contributed by atoms with Crippen molar-refractivity contribution in [3.8, 4) is 11.5 Å². The van der Waals surface area contributed by atoms with Gasteiger partial charge in [-0.2, -0.15) is 0 Å². The van der Waals surface area contributed by atoms with Crippen LogP contribution in [0, 0.1) is 0 Å². The van der Waals surface area contributed by atoms with Gasteiger partial charge in [0, 0.05) is 44.8 Å². The Hall–Kier alpha value is -3.09. The second-order valence-corrected chi connectivity index (χ2v) is 10.2. The fourth-order valence-corrected chi connectivity index (χ4v) is 6.37. The highest BCUT2D eigenvalue weighted by Crippen LogP contribution is 2.54. The average molecular weight is 505 g/mol. The van der Waals surface area contributed by atoms with Crippen molar-refractivity contribution in [1.29, 1.82) is 0 Å². The highest BCUT2D eigenvalue weighted by molar-refractivity contribution is 5.91. The van der Waals surface area contributed by atoms with E-state index in [0.29, 0.717) is 0 Å². The van der Waals surface area contributed by atoms with Crippen molar-refractivity contribution in [2.75, 3.05) is 48.0 Å². The molecule has 1 saturated heterocycles. The van der Waals surface area contributed by atoms with Crippen molar-refractivity contribution >= 4 is 12.0 Å². The van der Waals surface area contributed by atoms with E-state index in [9.17, 15) is 4.79 Å². The number of fused-ring (bicyclic) bond motifs is 1. The SMILES string of the molecule is C=CCN1CC[C@@]2(c3cccc(OC)c3)C[C@H](N(C)C(=O)C=Cc3cccc(OC)c3)CC[C@]2(OC)C1. The fourth-order valence-electron chi connectivity index (χ4n) is 6.37. The van der Waals surface area contributed by atoms with Crippen LogP contribution in [-0.4, -0.2) is 75.4 Å². The van der Waals surface area contributed by atoms with E-state index in [1.165, 1.54) is 5.56 Å². The average Bonchev–Trinajstić information content (AvgIpc) is 2.95. The van der Waals surface area contributed by atoms with Crippen LogP contribution in [0.4, 0.5) is 0 Å². The zero-order valence-electron chi connectivity index (χ0n) is 22.6. The van der Waals surface area contributed by atoms with Crippen LogP contribution in [0.2, 0.25) is 0 Å². The summed E-state index contributed by atoms with van der Waals surface area (Å²) >= 11 is 0. The van der Waals surface area contributed by atoms with Crippen molar-refractivity contribution < 1.29 is 19.0 Å². The first-order valence-corrected chi connectivity index (χ1v) is 13.0. The molecule has 0 N–H and O–H groups in total. The lowest BCUT2D eigenvalue weighted by Crippen LogP contribution is -2.68. The Morgan fingerprint density at radius 2 is 1.84 bits per heavy atom. The van der Waals surface area contributed by atoms with Crippen LogP contribution >= 0.6 is 0 Å².